The third-order valence-corrected chi connectivity index (χ3v) is 3.46. The highest BCUT2D eigenvalue weighted by Crippen LogP contribution is 2.30. The quantitative estimate of drug-likeness (QED) is 0.939. The van der Waals surface area contributed by atoms with E-state index in [2.05, 4.69) is 25.3 Å². The fourth-order valence-electron chi connectivity index (χ4n) is 2.52. The summed E-state index contributed by atoms with van der Waals surface area (Å²) in [5, 5.41) is 9.19. The minimum Gasteiger partial charge on any atom is -0.478 e. The van der Waals surface area contributed by atoms with Crippen LogP contribution in [-0.4, -0.2) is 34.3 Å². The maximum atomic E-state index is 11.2. The first-order valence-electron chi connectivity index (χ1n) is 7.00. The molecule has 0 saturated carbocycles. The topological polar surface area (TPSA) is 64.4 Å². The Morgan fingerprint density at radius 2 is 2.10 bits per heavy atom. The zero-order chi connectivity index (χ0) is 15.8. The lowest BCUT2D eigenvalue weighted by Gasteiger charge is -2.24. The highest BCUT2D eigenvalue weighted by molar-refractivity contribution is 5.92. The summed E-state index contributed by atoms with van der Waals surface area (Å²) in [7, 11) is 1.66. The molecule has 21 heavy (non-hydrogen) atoms. The second kappa shape index (κ2) is 5.48. The highest BCUT2D eigenvalue weighted by atomic mass is 16.5. The molecule has 0 aliphatic carbocycles. The number of carbonyl (C=O) groups is 1. The maximum absolute atomic E-state index is 11.2. The van der Waals surface area contributed by atoms with Crippen LogP contribution in [0.2, 0.25) is 0 Å². The molecule has 0 fully saturated rings. The minimum atomic E-state index is -0.929. The molecule has 1 heterocycles. The molecular weight excluding hydrogens is 268 g/mol. The van der Waals surface area contributed by atoms with Gasteiger partial charge >= 0.3 is 5.97 Å². The number of aromatic carboxylic acids is 1. The molecule has 1 N–H and O–H groups in total. The zero-order valence-corrected chi connectivity index (χ0v) is 13.2. The second-order valence-electron chi connectivity index (χ2n) is 6.37. The van der Waals surface area contributed by atoms with Gasteiger partial charge in [0.2, 0.25) is 0 Å². The lowest BCUT2D eigenvalue weighted by Crippen LogP contribution is -2.23. The molecule has 0 aliphatic heterocycles. The van der Waals surface area contributed by atoms with Gasteiger partial charge in [0.05, 0.1) is 29.2 Å². The number of carboxylic acids is 1. The SMILES string of the molecule is COCC(C)n1c(C(C)(C)C)nc2ccc(C(=O)O)cc21. The molecule has 5 heteroatoms. The Bertz CT molecular complexity index is 668. The van der Waals surface area contributed by atoms with Gasteiger partial charge in [-0.1, -0.05) is 20.8 Å². The van der Waals surface area contributed by atoms with Gasteiger partial charge in [-0.25, -0.2) is 9.78 Å². The number of nitrogens with zero attached hydrogens (tertiary/aromatic N) is 2. The lowest BCUT2D eigenvalue weighted by atomic mass is 9.95. The molecule has 0 spiro atoms. The molecule has 0 radical (unpaired) electrons. The highest BCUT2D eigenvalue weighted by Gasteiger charge is 2.25. The number of methoxy groups -OCH3 is 1. The van der Waals surface area contributed by atoms with E-state index in [1.807, 2.05) is 6.92 Å². The Balaban J connectivity index is 2.73. The van der Waals surface area contributed by atoms with Crippen molar-refractivity contribution < 1.29 is 14.6 Å². The number of benzene rings is 1. The Morgan fingerprint density at radius 3 is 2.62 bits per heavy atom. The number of hydrogen-bond acceptors (Lipinski definition) is 3. The minimum absolute atomic E-state index is 0.0817. The average Bonchev–Trinajstić information content (AvgIpc) is 2.77. The summed E-state index contributed by atoms with van der Waals surface area (Å²) in [5.41, 5.74) is 1.79. The number of rotatable bonds is 4. The van der Waals surface area contributed by atoms with E-state index in [9.17, 15) is 9.90 Å². The van der Waals surface area contributed by atoms with Crippen molar-refractivity contribution in [3.05, 3.63) is 29.6 Å². The Morgan fingerprint density at radius 1 is 1.43 bits per heavy atom. The van der Waals surface area contributed by atoms with Crippen LogP contribution in [0, 0.1) is 0 Å². The van der Waals surface area contributed by atoms with Crippen LogP contribution in [0.1, 0.15) is 49.9 Å². The van der Waals surface area contributed by atoms with E-state index in [1.54, 1.807) is 25.3 Å². The third kappa shape index (κ3) is 2.93. The Labute approximate surface area is 124 Å². The Kier molecular flexibility index (Phi) is 4.05. The number of hydrogen-bond donors (Lipinski definition) is 1. The van der Waals surface area contributed by atoms with Gasteiger partial charge in [0, 0.05) is 12.5 Å². The van der Waals surface area contributed by atoms with Crippen LogP contribution in [0.5, 0.6) is 0 Å². The van der Waals surface area contributed by atoms with Gasteiger partial charge in [0.25, 0.3) is 0 Å². The second-order valence-corrected chi connectivity index (χ2v) is 6.37. The van der Waals surface area contributed by atoms with Crippen LogP contribution in [0.15, 0.2) is 18.2 Å². The van der Waals surface area contributed by atoms with Gasteiger partial charge in [-0.2, -0.15) is 0 Å². The fraction of sp³-hybridized carbons (Fsp3) is 0.500. The standard InChI is InChI=1S/C16H22N2O3/c1-10(9-21-5)18-13-8-11(14(19)20)6-7-12(13)17-15(18)16(2,3)4/h6-8,10H,9H2,1-5H3,(H,19,20). The summed E-state index contributed by atoms with van der Waals surface area (Å²) in [6.07, 6.45) is 0. The number of imidazole rings is 1. The number of fused-ring (bicyclic) bond motifs is 1. The molecule has 0 bridgehead atoms. The van der Waals surface area contributed by atoms with Crippen molar-refractivity contribution in [3.8, 4) is 0 Å². The van der Waals surface area contributed by atoms with Crippen LogP contribution < -0.4 is 0 Å². The van der Waals surface area contributed by atoms with Crippen molar-refractivity contribution in [1.82, 2.24) is 9.55 Å². The van der Waals surface area contributed by atoms with E-state index in [1.165, 1.54) is 0 Å². The number of carboxylic acid groups (broad SMARTS) is 1. The number of aromatic nitrogens is 2. The van der Waals surface area contributed by atoms with E-state index < -0.39 is 5.97 Å². The lowest BCUT2D eigenvalue weighted by molar-refractivity contribution is 0.0697. The molecule has 1 atom stereocenters. The largest absolute Gasteiger partial charge is 0.478 e. The molecule has 114 valence electrons. The van der Waals surface area contributed by atoms with Gasteiger partial charge < -0.3 is 14.4 Å². The van der Waals surface area contributed by atoms with E-state index in [-0.39, 0.29) is 17.0 Å². The average molecular weight is 290 g/mol. The van der Waals surface area contributed by atoms with Crippen molar-refractivity contribution in [1.29, 1.82) is 0 Å². The van der Waals surface area contributed by atoms with Crippen molar-refractivity contribution in [3.63, 3.8) is 0 Å². The van der Waals surface area contributed by atoms with Crippen LogP contribution in [0.25, 0.3) is 11.0 Å². The molecule has 0 aliphatic rings. The summed E-state index contributed by atoms with van der Waals surface area (Å²) in [6, 6.07) is 5.13. The first kappa shape index (κ1) is 15.5. The normalized spacial score (nSPS) is 13.6. The molecule has 0 amide bonds. The van der Waals surface area contributed by atoms with Gasteiger partial charge in [0.1, 0.15) is 5.82 Å². The van der Waals surface area contributed by atoms with E-state index in [0.717, 1.165) is 16.9 Å². The molecule has 2 rings (SSSR count). The van der Waals surface area contributed by atoms with Gasteiger partial charge in [-0.3, -0.25) is 0 Å². The predicted octanol–water partition coefficient (Wildman–Crippen LogP) is 3.24. The molecular formula is C16H22N2O3. The Hall–Kier alpha value is -1.88. The van der Waals surface area contributed by atoms with Crippen molar-refractivity contribution in [2.75, 3.05) is 13.7 Å². The van der Waals surface area contributed by atoms with Gasteiger partial charge in [-0.05, 0) is 25.1 Å². The van der Waals surface area contributed by atoms with Crippen molar-refractivity contribution in [2.24, 2.45) is 0 Å². The summed E-state index contributed by atoms with van der Waals surface area (Å²) in [4.78, 5) is 15.9. The summed E-state index contributed by atoms with van der Waals surface area (Å²) < 4.78 is 7.35. The zero-order valence-electron chi connectivity index (χ0n) is 13.2. The number of ether oxygens (including phenoxy) is 1. The van der Waals surface area contributed by atoms with Crippen LogP contribution >= 0.6 is 0 Å². The predicted molar refractivity (Wildman–Crippen MR) is 82.0 cm³/mol. The van der Waals surface area contributed by atoms with Gasteiger partial charge in [-0.15, -0.1) is 0 Å². The molecule has 0 saturated heterocycles. The summed E-state index contributed by atoms with van der Waals surface area (Å²) in [5.74, 6) is 0.00550. The van der Waals surface area contributed by atoms with Crippen LogP contribution in [0.3, 0.4) is 0 Å². The molecule has 2 aromatic rings. The van der Waals surface area contributed by atoms with E-state index in [4.69, 9.17) is 9.72 Å². The van der Waals surface area contributed by atoms with Crippen molar-refractivity contribution in [2.45, 2.75) is 39.2 Å². The smallest absolute Gasteiger partial charge is 0.335 e. The summed E-state index contributed by atoms with van der Waals surface area (Å²) in [6.45, 7) is 8.90. The molecule has 1 unspecified atom stereocenters. The van der Waals surface area contributed by atoms with Gasteiger partial charge in [0.15, 0.2) is 0 Å². The van der Waals surface area contributed by atoms with Crippen molar-refractivity contribution >= 4 is 17.0 Å². The molecule has 1 aromatic carbocycles. The first-order valence-corrected chi connectivity index (χ1v) is 7.00. The fourth-order valence-corrected chi connectivity index (χ4v) is 2.52. The monoisotopic (exact) mass is 290 g/mol. The van der Waals surface area contributed by atoms with E-state index >= 15 is 0 Å². The first-order chi connectivity index (χ1) is 9.75. The third-order valence-electron chi connectivity index (χ3n) is 3.46. The van der Waals surface area contributed by atoms with E-state index in [0.29, 0.717) is 6.61 Å². The van der Waals surface area contributed by atoms with Crippen LogP contribution in [-0.2, 0) is 10.2 Å². The molecule has 1 aromatic heterocycles. The van der Waals surface area contributed by atoms with Crippen LogP contribution in [0.4, 0.5) is 0 Å². The maximum Gasteiger partial charge on any atom is 0.335 e. The summed E-state index contributed by atoms with van der Waals surface area (Å²) >= 11 is 0. The molecule has 5 nitrogen and oxygen atoms in total.